The monoisotopic (exact) mass is 297 g/mol. The van der Waals surface area contributed by atoms with Crippen molar-refractivity contribution in [2.75, 3.05) is 23.8 Å². The van der Waals surface area contributed by atoms with Crippen molar-refractivity contribution in [3.8, 4) is 0 Å². The van der Waals surface area contributed by atoms with E-state index in [1.54, 1.807) is 11.8 Å². The zero-order valence-corrected chi connectivity index (χ0v) is 12.4. The van der Waals surface area contributed by atoms with E-state index in [2.05, 4.69) is 17.4 Å². The van der Waals surface area contributed by atoms with Crippen LogP contribution in [0.5, 0.6) is 0 Å². The minimum absolute atomic E-state index is 0.0441. The average Bonchev–Trinajstić information content (AvgIpc) is 3.05. The van der Waals surface area contributed by atoms with Gasteiger partial charge in [0.1, 0.15) is 0 Å². The van der Waals surface area contributed by atoms with Crippen LogP contribution in [-0.2, 0) is 4.79 Å². The normalized spacial score (nSPS) is 23.0. The van der Waals surface area contributed by atoms with Crippen molar-refractivity contribution in [1.82, 2.24) is 5.32 Å². The molecular weight excluding hydrogens is 282 g/mol. The molecule has 0 saturated carbocycles. The number of nitrogens with one attached hydrogen (secondary N) is 1. The lowest BCUT2D eigenvalue weighted by Crippen LogP contribution is -2.33. The van der Waals surface area contributed by atoms with Gasteiger partial charge in [0.2, 0.25) is 5.91 Å². The van der Waals surface area contributed by atoms with Crippen molar-refractivity contribution >= 4 is 41.2 Å². The lowest BCUT2D eigenvalue weighted by Gasteiger charge is -2.14. The summed E-state index contributed by atoms with van der Waals surface area (Å²) >= 11 is 5.70. The van der Waals surface area contributed by atoms with E-state index >= 15 is 0 Å². The first-order valence-corrected chi connectivity index (χ1v) is 9.15. The summed E-state index contributed by atoms with van der Waals surface area (Å²) in [5, 5.41) is 3.11. The Morgan fingerprint density at radius 2 is 2.06 bits per heavy atom. The van der Waals surface area contributed by atoms with Gasteiger partial charge in [0, 0.05) is 28.7 Å². The molecule has 18 heavy (non-hydrogen) atoms. The Morgan fingerprint density at radius 3 is 2.89 bits per heavy atom. The van der Waals surface area contributed by atoms with Crippen molar-refractivity contribution < 1.29 is 4.79 Å². The Morgan fingerprint density at radius 1 is 1.28 bits per heavy atom. The predicted octanol–water partition coefficient (Wildman–Crippen LogP) is 2.80. The van der Waals surface area contributed by atoms with Gasteiger partial charge in [-0.3, -0.25) is 4.79 Å². The van der Waals surface area contributed by atoms with Crippen LogP contribution in [0.3, 0.4) is 0 Å². The van der Waals surface area contributed by atoms with E-state index in [1.807, 2.05) is 35.7 Å². The van der Waals surface area contributed by atoms with Crippen molar-refractivity contribution in [3.05, 3.63) is 29.8 Å². The van der Waals surface area contributed by atoms with Crippen molar-refractivity contribution in [3.63, 3.8) is 0 Å². The van der Waals surface area contributed by atoms with E-state index in [0.29, 0.717) is 4.58 Å². The number of benzene rings is 1. The van der Waals surface area contributed by atoms with Gasteiger partial charge in [-0.15, -0.1) is 35.3 Å². The Hall–Kier alpha value is -0.260. The third kappa shape index (κ3) is 2.68. The number of hydrogen-bond donors (Lipinski definition) is 1. The van der Waals surface area contributed by atoms with Gasteiger partial charge in [-0.2, -0.15) is 0 Å². The first-order valence-electron chi connectivity index (χ1n) is 6.07. The maximum Gasteiger partial charge on any atom is 0.228 e. The molecule has 1 aromatic rings. The summed E-state index contributed by atoms with van der Waals surface area (Å²) in [6, 6.07) is 8.25. The highest BCUT2D eigenvalue weighted by molar-refractivity contribution is 8.20. The zero-order valence-electron chi connectivity index (χ0n) is 9.93. The molecule has 1 fully saturated rings. The molecule has 2 aliphatic heterocycles. The Labute approximate surface area is 120 Å². The van der Waals surface area contributed by atoms with Crippen LogP contribution in [0.2, 0.25) is 0 Å². The molecule has 2 aliphatic rings. The van der Waals surface area contributed by atoms with Crippen molar-refractivity contribution in [2.45, 2.75) is 15.4 Å². The molecular formula is C13H15NOS3. The second-order valence-electron chi connectivity index (χ2n) is 4.32. The van der Waals surface area contributed by atoms with Gasteiger partial charge in [-0.1, -0.05) is 18.2 Å². The van der Waals surface area contributed by atoms with E-state index in [1.165, 1.54) is 22.0 Å². The Balaban J connectivity index is 1.60. The summed E-state index contributed by atoms with van der Waals surface area (Å²) in [6.07, 6.45) is 0. The minimum Gasteiger partial charge on any atom is -0.354 e. The first kappa shape index (κ1) is 12.8. The van der Waals surface area contributed by atoms with Gasteiger partial charge >= 0.3 is 0 Å². The van der Waals surface area contributed by atoms with Crippen LogP contribution in [0.4, 0.5) is 0 Å². The van der Waals surface area contributed by atoms with Crippen molar-refractivity contribution in [2.24, 2.45) is 0 Å². The van der Waals surface area contributed by atoms with Crippen molar-refractivity contribution in [1.29, 1.82) is 0 Å². The number of fused-ring (bicyclic) bond motifs is 1. The molecule has 1 atom stereocenters. The fourth-order valence-electron chi connectivity index (χ4n) is 2.21. The van der Waals surface area contributed by atoms with Crippen LogP contribution in [0.25, 0.3) is 0 Å². The quantitative estimate of drug-likeness (QED) is 0.929. The maximum atomic E-state index is 12.2. The smallest absolute Gasteiger partial charge is 0.228 e. The molecule has 2 heterocycles. The molecule has 96 valence electrons. The molecule has 1 N–H and O–H groups in total. The lowest BCUT2D eigenvalue weighted by molar-refractivity contribution is -0.121. The highest BCUT2D eigenvalue weighted by Crippen LogP contribution is 2.39. The van der Waals surface area contributed by atoms with Crippen LogP contribution in [-0.4, -0.2) is 34.3 Å². The third-order valence-corrected chi connectivity index (χ3v) is 7.36. The number of carbonyl (C=O) groups excluding carboxylic acids is 1. The second kappa shape index (κ2) is 5.80. The topological polar surface area (TPSA) is 29.1 Å². The molecule has 3 rings (SSSR count). The van der Waals surface area contributed by atoms with E-state index in [-0.39, 0.29) is 11.8 Å². The lowest BCUT2D eigenvalue weighted by atomic mass is 10.0. The highest BCUT2D eigenvalue weighted by Gasteiger charge is 2.29. The molecule has 0 radical (unpaired) electrons. The molecule has 5 heteroatoms. The Kier molecular flexibility index (Phi) is 4.11. The van der Waals surface area contributed by atoms with Gasteiger partial charge in [-0.25, -0.2) is 0 Å². The molecule has 0 aliphatic carbocycles. The van der Waals surface area contributed by atoms with Gasteiger partial charge < -0.3 is 5.32 Å². The summed E-state index contributed by atoms with van der Waals surface area (Å²) in [7, 11) is 0. The Bertz CT molecular complexity index is 446. The number of carbonyl (C=O) groups is 1. The summed E-state index contributed by atoms with van der Waals surface area (Å²) in [5.74, 6) is 3.56. The second-order valence-corrected chi connectivity index (χ2v) is 8.30. The molecule has 0 spiro atoms. The summed E-state index contributed by atoms with van der Waals surface area (Å²) in [4.78, 5) is 13.5. The minimum atomic E-state index is 0.0441. The molecule has 1 saturated heterocycles. The predicted molar refractivity (Wildman–Crippen MR) is 81.6 cm³/mol. The summed E-state index contributed by atoms with van der Waals surface area (Å²) < 4.78 is 0.554. The molecule has 1 aromatic carbocycles. The fraction of sp³-hybridized carbons (Fsp3) is 0.462. The molecule has 0 aromatic heterocycles. The van der Waals surface area contributed by atoms with E-state index in [9.17, 15) is 4.79 Å². The van der Waals surface area contributed by atoms with E-state index in [0.717, 1.165) is 12.3 Å². The van der Waals surface area contributed by atoms with Gasteiger partial charge in [0.25, 0.3) is 0 Å². The number of amides is 1. The number of rotatable bonds is 3. The van der Waals surface area contributed by atoms with Crippen LogP contribution in [0, 0.1) is 0 Å². The van der Waals surface area contributed by atoms with E-state index in [4.69, 9.17) is 0 Å². The largest absolute Gasteiger partial charge is 0.354 e. The van der Waals surface area contributed by atoms with Gasteiger partial charge in [0.05, 0.1) is 10.5 Å². The molecule has 1 amide bonds. The van der Waals surface area contributed by atoms with Crippen LogP contribution >= 0.6 is 35.3 Å². The summed E-state index contributed by atoms with van der Waals surface area (Å²) in [6.45, 7) is 0.803. The SMILES string of the molecule is O=C(NCC1SCCS1)C1CSc2ccccc21. The molecule has 1 unspecified atom stereocenters. The first-order chi connectivity index (χ1) is 8.84. The van der Waals surface area contributed by atoms with Crippen LogP contribution in [0.15, 0.2) is 29.2 Å². The fourth-order valence-corrected chi connectivity index (χ4v) is 6.10. The molecule has 0 bridgehead atoms. The molecule has 2 nitrogen and oxygen atoms in total. The van der Waals surface area contributed by atoms with Crippen LogP contribution < -0.4 is 5.32 Å². The standard InChI is InChI=1S/C13H15NOS3/c15-13(14-7-12-16-5-6-17-12)10-8-18-11-4-2-1-3-9(10)11/h1-4,10,12H,5-8H2,(H,14,15). The zero-order chi connectivity index (χ0) is 12.4. The van der Waals surface area contributed by atoms with E-state index < -0.39 is 0 Å². The van der Waals surface area contributed by atoms with Gasteiger partial charge in [0.15, 0.2) is 0 Å². The third-order valence-electron chi connectivity index (χ3n) is 3.15. The van der Waals surface area contributed by atoms with Crippen LogP contribution in [0.1, 0.15) is 11.5 Å². The number of thioether (sulfide) groups is 3. The highest BCUT2D eigenvalue weighted by atomic mass is 32.2. The summed E-state index contributed by atoms with van der Waals surface area (Å²) in [5.41, 5.74) is 1.20. The average molecular weight is 297 g/mol. The number of hydrogen-bond acceptors (Lipinski definition) is 4. The maximum absolute atomic E-state index is 12.2. The van der Waals surface area contributed by atoms with Gasteiger partial charge in [-0.05, 0) is 11.6 Å².